The van der Waals surface area contributed by atoms with E-state index in [2.05, 4.69) is 42.7 Å². The summed E-state index contributed by atoms with van der Waals surface area (Å²) in [6.45, 7) is 0. The Kier molecular flexibility index (Phi) is 5.06. The highest BCUT2D eigenvalue weighted by atomic mass is 14.9. The average Bonchev–Trinajstić information content (AvgIpc) is 2.62. The molecule has 1 aliphatic carbocycles. The second kappa shape index (κ2) is 6.80. The normalized spacial score (nSPS) is 25.5. The molecule has 2 atom stereocenters. The van der Waals surface area contributed by atoms with E-state index in [1.165, 1.54) is 50.5 Å². The van der Waals surface area contributed by atoms with E-state index in [-0.39, 0.29) is 0 Å². The van der Waals surface area contributed by atoms with Crippen LogP contribution in [-0.4, -0.2) is 13.1 Å². The van der Waals surface area contributed by atoms with Crippen molar-refractivity contribution in [3.8, 4) is 0 Å². The van der Waals surface area contributed by atoms with Crippen LogP contribution in [0, 0.1) is 5.92 Å². The van der Waals surface area contributed by atoms with Gasteiger partial charge in [-0.15, -0.1) is 0 Å². The van der Waals surface area contributed by atoms with Crippen LogP contribution < -0.4 is 5.32 Å². The largest absolute Gasteiger partial charge is 0.317 e. The molecule has 2 rings (SSSR count). The minimum atomic E-state index is 0.762. The first-order chi connectivity index (χ1) is 8.38. The standard InChI is InChI=1S/C16H25N/c1-17-16-10-6-5-9-15(13-16)12-11-14-7-3-2-4-8-14/h2-4,7-8,15-17H,5-6,9-13H2,1H3. The van der Waals surface area contributed by atoms with Gasteiger partial charge in [0, 0.05) is 6.04 Å². The molecule has 17 heavy (non-hydrogen) atoms. The van der Waals surface area contributed by atoms with Gasteiger partial charge in [0.25, 0.3) is 0 Å². The van der Waals surface area contributed by atoms with Crippen LogP contribution in [0.2, 0.25) is 0 Å². The smallest absolute Gasteiger partial charge is 0.00667 e. The van der Waals surface area contributed by atoms with E-state index in [4.69, 9.17) is 0 Å². The molecule has 1 N–H and O–H groups in total. The molecule has 94 valence electrons. The Morgan fingerprint density at radius 3 is 2.65 bits per heavy atom. The minimum Gasteiger partial charge on any atom is -0.317 e. The summed E-state index contributed by atoms with van der Waals surface area (Å²) in [5.41, 5.74) is 1.50. The van der Waals surface area contributed by atoms with Crippen molar-refractivity contribution in [1.29, 1.82) is 0 Å². The van der Waals surface area contributed by atoms with E-state index in [1.54, 1.807) is 0 Å². The first kappa shape index (κ1) is 12.6. The SMILES string of the molecule is CNC1CCCCC(CCc2ccccc2)C1. The van der Waals surface area contributed by atoms with Crippen molar-refractivity contribution in [3.05, 3.63) is 35.9 Å². The molecule has 1 fully saturated rings. The summed E-state index contributed by atoms with van der Waals surface area (Å²) >= 11 is 0. The number of hydrogen-bond acceptors (Lipinski definition) is 1. The third-order valence-corrected chi connectivity index (χ3v) is 4.13. The summed E-state index contributed by atoms with van der Waals surface area (Å²) in [5, 5.41) is 3.47. The molecule has 0 bridgehead atoms. The zero-order chi connectivity index (χ0) is 11.9. The monoisotopic (exact) mass is 231 g/mol. The van der Waals surface area contributed by atoms with Gasteiger partial charge in [-0.3, -0.25) is 0 Å². The van der Waals surface area contributed by atoms with Crippen LogP contribution in [0.15, 0.2) is 30.3 Å². The highest BCUT2D eigenvalue weighted by Gasteiger charge is 2.18. The zero-order valence-electron chi connectivity index (χ0n) is 11.0. The van der Waals surface area contributed by atoms with Crippen LogP contribution >= 0.6 is 0 Å². The van der Waals surface area contributed by atoms with Crippen LogP contribution in [0.1, 0.15) is 44.1 Å². The zero-order valence-corrected chi connectivity index (χ0v) is 11.0. The lowest BCUT2D eigenvalue weighted by Gasteiger charge is -2.19. The quantitative estimate of drug-likeness (QED) is 0.777. The first-order valence-electron chi connectivity index (χ1n) is 7.09. The van der Waals surface area contributed by atoms with E-state index >= 15 is 0 Å². The van der Waals surface area contributed by atoms with Gasteiger partial charge in [-0.05, 0) is 44.2 Å². The second-order valence-corrected chi connectivity index (χ2v) is 5.40. The summed E-state index contributed by atoms with van der Waals surface area (Å²) < 4.78 is 0. The molecule has 0 aliphatic heterocycles. The summed E-state index contributed by atoms with van der Waals surface area (Å²) in [5.74, 6) is 0.926. The van der Waals surface area contributed by atoms with Gasteiger partial charge in [-0.1, -0.05) is 49.6 Å². The van der Waals surface area contributed by atoms with Crippen LogP contribution in [0.25, 0.3) is 0 Å². The number of aryl methyl sites for hydroxylation is 1. The topological polar surface area (TPSA) is 12.0 Å². The van der Waals surface area contributed by atoms with Crippen molar-refractivity contribution >= 4 is 0 Å². The Hall–Kier alpha value is -0.820. The molecule has 1 nitrogen and oxygen atoms in total. The molecule has 0 saturated heterocycles. The first-order valence-corrected chi connectivity index (χ1v) is 7.09. The van der Waals surface area contributed by atoms with Crippen LogP contribution in [0.5, 0.6) is 0 Å². The Balaban J connectivity index is 1.81. The third kappa shape index (κ3) is 4.16. The molecule has 2 unspecified atom stereocenters. The van der Waals surface area contributed by atoms with E-state index in [0.717, 1.165) is 12.0 Å². The fourth-order valence-electron chi connectivity index (χ4n) is 3.00. The van der Waals surface area contributed by atoms with Crippen LogP contribution in [0.3, 0.4) is 0 Å². The highest BCUT2D eigenvalue weighted by Crippen LogP contribution is 2.26. The highest BCUT2D eigenvalue weighted by molar-refractivity contribution is 5.14. The molecule has 0 aromatic heterocycles. The van der Waals surface area contributed by atoms with Crippen molar-refractivity contribution in [2.75, 3.05) is 7.05 Å². The fraction of sp³-hybridized carbons (Fsp3) is 0.625. The Morgan fingerprint density at radius 2 is 1.88 bits per heavy atom. The van der Waals surface area contributed by atoms with Gasteiger partial charge >= 0.3 is 0 Å². The molecule has 1 heteroatoms. The molecule has 1 aliphatic rings. The van der Waals surface area contributed by atoms with Gasteiger partial charge in [-0.2, -0.15) is 0 Å². The molecular weight excluding hydrogens is 206 g/mol. The Morgan fingerprint density at radius 1 is 1.12 bits per heavy atom. The van der Waals surface area contributed by atoms with Crippen molar-refractivity contribution in [2.45, 2.75) is 51.0 Å². The maximum atomic E-state index is 3.47. The van der Waals surface area contributed by atoms with Crippen LogP contribution in [-0.2, 0) is 6.42 Å². The average molecular weight is 231 g/mol. The van der Waals surface area contributed by atoms with E-state index in [9.17, 15) is 0 Å². The van der Waals surface area contributed by atoms with Gasteiger partial charge in [0.05, 0.1) is 0 Å². The summed E-state index contributed by atoms with van der Waals surface area (Å²) in [4.78, 5) is 0. The molecule has 1 saturated carbocycles. The van der Waals surface area contributed by atoms with E-state index in [0.29, 0.717) is 0 Å². The predicted molar refractivity (Wildman–Crippen MR) is 74.2 cm³/mol. The Labute approximate surface area is 106 Å². The van der Waals surface area contributed by atoms with Crippen LogP contribution in [0.4, 0.5) is 0 Å². The second-order valence-electron chi connectivity index (χ2n) is 5.40. The number of benzene rings is 1. The van der Waals surface area contributed by atoms with Crippen molar-refractivity contribution < 1.29 is 0 Å². The van der Waals surface area contributed by atoms with Gasteiger partial charge in [-0.25, -0.2) is 0 Å². The fourth-order valence-corrected chi connectivity index (χ4v) is 3.00. The molecule has 1 aromatic carbocycles. The minimum absolute atomic E-state index is 0.762. The maximum absolute atomic E-state index is 3.47. The van der Waals surface area contributed by atoms with Gasteiger partial charge in [0.2, 0.25) is 0 Å². The maximum Gasteiger partial charge on any atom is 0.00667 e. The number of nitrogens with one attached hydrogen (secondary N) is 1. The molecule has 0 radical (unpaired) electrons. The number of hydrogen-bond donors (Lipinski definition) is 1. The predicted octanol–water partition coefficient (Wildman–Crippen LogP) is 3.79. The lowest BCUT2D eigenvalue weighted by atomic mass is 9.91. The summed E-state index contributed by atoms with van der Waals surface area (Å²) in [7, 11) is 2.12. The molecule has 0 spiro atoms. The van der Waals surface area contributed by atoms with E-state index < -0.39 is 0 Å². The third-order valence-electron chi connectivity index (χ3n) is 4.13. The lowest BCUT2D eigenvalue weighted by molar-refractivity contribution is 0.381. The van der Waals surface area contributed by atoms with Gasteiger partial charge in [0.15, 0.2) is 0 Å². The summed E-state index contributed by atoms with van der Waals surface area (Å²) in [6.07, 6.45) is 9.64. The molecule has 0 amide bonds. The van der Waals surface area contributed by atoms with Gasteiger partial charge < -0.3 is 5.32 Å². The molecule has 0 heterocycles. The molecular formula is C16H25N. The molecule has 1 aromatic rings. The van der Waals surface area contributed by atoms with Crippen molar-refractivity contribution in [3.63, 3.8) is 0 Å². The van der Waals surface area contributed by atoms with Crippen molar-refractivity contribution in [1.82, 2.24) is 5.32 Å². The van der Waals surface area contributed by atoms with Crippen molar-refractivity contribution in [2.24, 2.45) is 5.92 Å². The van der Waals surface area contributed by atoms with E-state index in [1.807, 2.05) is 0 Å². The lowest BCUT2D eigenvalue weighted by Crippen LogP contribution is -2.26. The summed E-state index contributed by atoms with van der Waals surface area (Å²) in [6, 6.07) is 11.7. The number of rotatable bonds is 4. The Bertz CT molecular complexity index is 307. The van der Waals surface area contributed by atoms with Gasteiger partial charge in [0.1, 0.15) is 0 Å².